The van der Waals surface area contributed by atoms with Gasteiger partial charge in [-0.15, -0.1) is 0 Å². The van der Waals surface area contributed by atoms with Crippen LogP contribution in [0.5, 0.6) is 0 Å². The van der Waals surface area contributed by atoms with Gasteiger partial charge in [0.2, 0.25) is 5.91 Å². The first kappa shape index (κ1) is 11.7. The van der Waals surface area contributed by atoms with Crippen LogP contribution in [0.25, 0.3) is 0 Å². The number of hydrogen-bond acceptors (Lipinski definition) is 3. The summed E-state index contributed by atoms with van der Waals surface area (Å²) in [5.74, 6) is -0.427. The number of rotatable bonds is 1. The maximum absolute atomic E-state index is 13.3. The zero-order chi connectivity index (χ0) is 12.6. The summed E-state index contributed by atoms with van der Waals surface area (Å²) in [4.78, 5) is 13.6. The van der Waals surface area contributed by atoms with E-state index < -0.39 is 5.54 Å². The summed E-state index contributed by atoms with van der Waals surface area (Å²) in [5, 5.41) is 2.79. The number of piperazine rings is 1. The second kappa shape index (κ2) is 3.91. The first-order valence-corrected chi connectivity index (χ1v) is 5.54. The molecule has 1 amide bonds. The number of nitrogens with one attached hydrogen (secondary N) is 1. The fourth-order valence-electron chi connectivity index (χ4n) is 2.07. The molecule has 0 atom stereocenters. The van der Waals surface area contributed by atoms with Crippen molar-refractivity contribution >= 4 is 17.3 Å². The van der Waals surface area contributed by atoms with Crippen LogP contribution in [0.3, 0.4) is 0 Å². The second-order valence-corrected chi connectivity index (χ2v) is 4.67. The molecule has 17 heavy (non-hydrogen) atoms. The molecule has 1 aromatic rings. The molecule has 4 nitrogen and oxygen atoms in total. The number of halogens is 1. The average molecular weight is 237 g/mol. The number of carbonyl (C=O) groups is 1. The summed E-state index contributed by atoms with van der Waals surface area (Å²) in [5.41, 5.74) is 6.18. The van der Waals surface area contributed by atoms with Gasteiger partial charge in [0.25, 0.3) is 0 Å². The third-order valence-electron chi connectivity index (χ3n) is 3.13. The van der Waals surface area contributed by atoms with E-state index in [1.165, 1.54) is 18.2 Å². The van der Waals surface area contributed by atoms with Gasteiger partial charge < -0.3 is 16.0 Å². The normalized spacial score (nSPS) is 19.0. The Labute approximate surface area is 99.6 Å². The van der Waals surface area contributed by atoms with Crippen molar-refractivity contribution < 1.29 is 9.18 Å². The van der Waals surface area contributed by atoms with E-state index in [0.717, 1.165) is 0 Å². The Morgan fingerprint density at radius 1 is 1.47 bits per heavy atom. The minimum atomic E-state index is -0.722. The van der Waals surface area contributed by atoms with Crippen molar-refractivity contribution in [1.82, 2.24) is 5.32 Å². The lowest BCUT2D eigenvalue weighted by Crippen LogP contribution is -2.62. The Bertz CT molecular complexity index is 459. The highest BCUT2D eigenvalue weighted by Crippen LogP contribution is 2.31. The van der Waals surface area contributed by atoms with Crippen molar-refractivity contribution in [3.8, 4) is 0 Å². The highest BCUT2D eigenvalue weighted by Gasteiger charge is 2.38. The molecule has 1 saturated heterocycles. The van der Waals surface area contributed by atoms with Gasteiger partial charge in [-0.2, -0.15) is 0 Å². The van der Waals surface area contributed by atoms with Crippen LogP contribution < -0.4 is 16.0 Å². The lowest BCUT2D eigenvalue weighted by atomic mass is 9.97. The average Bonchev–Trinajstić information content (AvgIpc) is 2.26. The van der Waals surface area contributed by atoms with Gasteiger partial charge in [0.05, 0.1) is 11.4 Å². The van der Waals surface area contributed by atoms with Crippen LogP contribution in [-0.2, 0) is 4.79 Å². The van der Waals surface area contributed by atoms with Crippen LogP contribution in [0.1, 0.15) is 13.8 Å². The molecule has 92 valence electrons. The zero-order valence-corrected chi connectivity index (χ0v) is 9.96. The first-order valence-electron chi connectivity index (χ1n) is 5.54. The first-order chi connectivity index (χ1) is 7.93. The molecular formula is C12H16FN3O. The van der Waals surface area contributed by atoms with Crippen LogP contribution >= 0.6 is 0 Å². The minimum Gasteiger partial charge on any atom is -0.397 e. The molecule has 3 N–H and O–H groups in total. The SMILES string of the molecule is CC1(C)C(=O)NCCN1c1cc(F)ccc1N. The molecule has 1 aromatic carbocycles. The van der Waals surface area contributed by atoms with Crippen molar-refractivity contribution in [3.63, 3.8) is 0 Å². The summed E-state index contributed by atoms with van der Waals surface area (Å²) in [6, 6.07) is 4.21. The van der Waals surface area contributed by atoms with Crippen molar-refractivity contribution in [2.24, 2.45) is 0 Å². The van der Waals surface area contributed by atoms with Crippen LogP contribution in [0.15, 0.2) is 18.2 Å². The number of benzene rings is 1. The third kappa shape index (κ3) is 1.92. The molecule has 1 heterocycles. The van der Waals surface area contributed by atoms with Gasteiger partial charge in [0.1, 0.15) is 11.4 Å². The van der Waals surface area contributed by atoms with E-state index in [0.29, 0.717) is 24.5 Å². The summed E-state index contributed by atoms with van der Waals surface area (Å²) in [7, 11) is 0. The largest absolute Gasteiger partial charge is 0.397 e. The molecule has 0 unspecified atom stereocenters. The molecule has 0 aliphatic carbocycles. The molecule has 1 fully saturated rings. The Hall–Kier alpha value is -1.78. The molecule has 0 saturated carbocycles. The lowest BCUT2D eigenvalue weighted by molar-refractivity contribution is -0.126. The highest BCUT2D eigenvalue weighted by molar-refractivity contribution is 5.91. The molecule has 1 aliphatic rings. The van der Waals surface area contributed by atoms with E-state index in [9.17, 15) is 9.18 Å². The summed E-state index contributed by atoms with van der Waals surface area (Å²) in [6.45, 7) is 4.75. The quantitative estimate of drug-likeness (QED) is 0.720. The molecule has 1 aliphatic heterocycles. The predicted molar refractivity (Wildman–Crippen MR) is 65.2 cm³/mol. The topological polar surface area (TPSA) is 58.4 Å². The molecule has 5 heteroatoms. The van der Waals surface area contributed by atoms with Crippen LogP contribution in [0, 0.1) is 5.82 Å². The van der Waals surface area contributed by atoms with E-state index in [1.807, 2.05) is 4.90 Å². The molecule has 0 radical (unpaired) electrons. The number of carbonyl (C=O) groups excluding carboxylic acids is 1. The van der Waals surface area contributed by atoms with Crippen molar-refractivity contribution in [3.05, 3.63) is 24.0 Å². The number of nitrogens with two attached hydrogens (primary N) is 1. The predicted octanol–water partition coefficient (Wildman–Crippen LogP) is 1.12. The number of nitrogen functional groups attached to an aromatic ring is 1. The molecule has 0 bridgehead atoms. The number of anilines is 2. The van der Waals surface area contributed by atoms with Gasteiger partial charge in [-0.25, -0.2) is 4.39 Å². The fourth-order valence-corrected chi connectivity index (χ4v) is 2.07. The van der Waals surface area contributed by atoms with Gasteiger partial charge in [0, 0.05) is 13.1 Å². The fraction of sp³-hybridized carbons (Fsp3) is 0.417. The third-order valence-corrected chi connectivity index (χ3v) is 3.13. The minimum absolute atomic E-state index is 0.0765. The second-order valence-electron chi connectivity index (χ2n) is 4.67. The van der Waals surface area contributed by atoms with Crippen molar-refractivity contribution in [2.45, 2.75) is 19.4 Å². The monoisotopic (exact) mass is 237 g/mol. The summed E-state index contributed by atoms with van der Waals surface area (Å²) >= 11 is 0. The van der Waals surface area contributed by atoms with Gasteiger partial charge in [-0.3, -0.25) is 4.79 Å². The van der Waals surface area contributed by atoms with E-state index in [2.05, 4.69) is 5.32 Å². The van der Waals surface area contributed by atoms with E-state index in [-0.39, 0.29) is 11.7 Å². The van der Waals surface area contributed by atoms with E-state index in [4.69, 9.17) is 5.73 Å². The molecular weight excluding hydrogens is 221 g/mol. The Balaban J connectivity index is 2.44. The summed E-state index contributed by atoms with van der Waals surface area (Å²) < 4.78 is 13.3. The molecule has 0 aromatic heterocycles. The van der Waals surface area contributed by atoms with E-state index in [1.54, 1.807) is 13.8 Å². The Morgan fingerprint density at radius 3 is 2.88 bits per heavy atom. The van der Waals surface area contributed by atoms with Gasteiger partial charge in [-0.1, -0.05) is 0 Å². The van der Waals surface area contributed by atoms with Crippen LogP contribution in [0.2, 0.25) is 0 Å². The highest BCUT2D eigenvalue weighted by atomic mass is 19.1. The zero-order valence-electron chi connectivity index (χ0n) is 9.96. The van der Waals surface area contributed by atoms with Gasteiger partial charge in [-0.05, 0) is 32.0 Å². The maximum atomic E-state index is 13.3. The van der Waals surface area contributed by atoms with Crippen molar-refractivity contribution in [1.29, 1.82) is 0 Å². The maximum Gasteiger partial charge on any atom is 0.245 e. The van der Waals surface area contributed by atoms with Crippen molar-refractivity contribution in [2.75, 3.05) is 23.7 Å². The van der Waals surface area contributed by atoms with E-state index >= 15 is 0 Å². The number of amides is 1. The Morgan fingerprint density at radius 2 is 2.18 bits per heavy atom. The lowest BCUT2D eigenvalue weighted by Gasteiger charge is -2.43. The smallest absolute Gasteiger partial charge is 0.245 e. The number of hydrogen-bond donors (Lipinski definition) is 2. The van der Waals surface area contributed by atoms with Gasteiger partial charge >= 0.3 is 0 Å². The number of nitrogens with zero attached hydrogens (tertiary/aromatic N) is 1. The molecule has 0 spiro atoms. The standard InChI is InChI=1S/C12H16FN3O/c1-12(2)11(17)15-5-6-16(12)10-7-8(13)3-4-9(10)14/h3-4,7H,5-6,14H2,1-2H3,(H,15,17). The Kier molecular flexibility index (Phi) is 2.69. The van der Waals surface area contributed by atoms with Gasteiger partial charge in [0.15, 0.2) is 0 Å². The van der Waals surface area contributed by atoms with Crippen LogP contribution in [0.4, 0.5) is 15.8 Å². The van der Waals surface area contributed by atoms with Crippen LogP contribution in [-0.4, -0.2) is 24.5 Å². The summed E-state index contributed by atoms with van der Waals surface area (Å²) in [6.07, 6.45) is 0. The molecule has 2 rings (SSSR count).